The van der Waals surface area contributed by atoms with Gasteiger partial charge in [0.2, 0.25) is 5.91 Å². The molecule has 26 heavy (non-hydrogen) atoms. The summed E-state index contributed by atoms with van der Waals surface area (Å²) < 4.78 is 0. The van der Waals surface area contributed by atoms with Gasteiger partial charge in [-0.3, -0.25) is 4.79 Å². The Labute approximate surface area is 161 Å². The Morgan fingerprint density at radius 3 is 2.04 bits per heavy atom. The number of hydrogen-bond donors (Lipinski definition) is 1. The third-order valence-corrected chi connectivity index (χ3v) is 4.66. The smallest absolute Gasteiger partial charge is 0.222 e. The number of hydrogen-bond acceptors (Lipinski definition) is 2. The predicted octanol–water partition coefficient (Wildman–Crippen LogP) is 5.66. The van der Waals surface area contributed by atoms with Gasteiger partial charge in [-0.1, -0.05) is 41.9 Å². The summed E-state index contributed by atoms with van der Waals surface area (Å²) in [6.07, 6.45) is 14.2. The van der Waals surface area contributed by atoms with Crippen LogP contribution in [-0.2, 0) is 4.79 Å². The van der Waals surface area contributed by atoms with Crippen LogP contribution in [-0.4, -0.2) is 36.1 Å². The van der Waals surface area contributed by atoms with Crippen molar-refractivity contribution in [1.29, 1.82) is 0 Å². The molecule has 0 aromatic heterocycles. The first kappa shape index (κ1) is 24.7. The predicted molar refractivity (Wildman–Crippen MR) is 113 cm³/mol. The fraction of sp³-hybridized carbons (Fsp3) is 0.696. The zero-order valence-electron chi connectivity index (χ0n) is 18.0. The second kappa shape index (κ2) is 14.8. The summed E-state index contributed by atoms with van der Waals surface area (Å²) in [5.74, 6) is 0.505. The molecule has 0 aliphatic heterocycles. The third-order valence-electron chi connectivity index (χ3n) is 4.66. The molecular weight excluding hydrogens is 322 g/mol. The molecule has 1 amide bonds. The van der Waals surface area contributed by atoms with Crippen LogP contribution in [0.25, 0.3) is 0 Å². The van der Waals surface area contributed by atoms with Crippen LogP contribution in [0, 0.1) is 5.92 Å². The van der Waals surface area contributed by atoms with Crippen LogP contribution in [0.2, 0.25) is 0 Å². The van der Waals surface area contributed by atoms with Crippen LogP contribution in [0.1, 0.15) is 79.6 Å². The number of aliphatic hydroxyl groups is 1. The minimum atomic E-state index is 0.0292. The normalized spacial score (nSPS) is 13.5. The van der Waals surface area contributed by atoms with E-state index in [0.29, 0.717) is 18.9 Å². The second-order valence-corrected chi connectivity index (χ2v) is 7.89. The highest BCUT2D eigenvalue weighted by atomic mass is 16.3. The number of nitrogens with zero attached hydrogens (tertiary/aromatic N) is 1. The largest absolute Gasteiger partial charge is 0.395 e. The number of rotatable bonds is 13. The van der Waals surface area contributed by atoms with E-state index in [1.165, 1.54) is 16.7 Å². The molecule has 0 heterocycles. The van der Waals surface area contributed by atoms with Gasteiger partial charge in [-0.05, 0) is 72.1 Å². The molecule has 0 bridgehead atoms. The fourth-order valence-corrected chi connectivity index (χ4v) is 2.78. The minimum absolute atomic E-state index is 0.0292. The molecule has 0 aliphatic rings. The zero-order chi connectivity index (χ0) is 19.9. The van der Waals surface area contributed by atoms with Crippen molar-refractivity contribution in [3.05, 3.63) is 34.9 Å². The Kier molecular flexibility index (Phi) is 14.0. The maximum atomic E-state index is 11.9. The van der Waals surface area contributed by atoms with E-state index in [0.717, 1.165) is 38.5 Å². The van der Waals surface area contributed by atoms with E-state index in [2.05, 4.69) is 52.8 Å². The van der Waals surface area contributed by atoms with Crippen LogP contribution < -0.4 is 0 Å². The third kappa shape index (κ3) is 13.9. The molecule has 0 fully saturated rings. The van der Waals surface area contributed by atoms with Crippen molar-refractivity contribution in [2.24, 2.45) is 5.92 Å². The number of aliphatic hydroxyl groups excluding tert-OH is 1. The first-order chi connectivity index (χ1) is 12.3. The number of carbonyl (C=O) groups is 1. The molecule has 0 spiro atoms. The van der Waals surface area contributed by atoms with Crippen molar-refractivity contribution < 1.29 is 9.90 Å². The van der Waals surface area contributed by atoms with Crippen LogP contribution in [0.4, 0.5) is 0 Å². The zero-order valence-corrected chi connectivity index (χ0v) is 18.0. The summed E-state index contributed by atoms with van der Waals surface area (Å²) in [7, 11) is 1.75. The van der Waals surface area contributed by atoms with E-state index in [1.54, 1.807) is 11.9 Å². The monoisotopic (exact) mass is 363 g/mol. The lowest BCUT2D eigenvalue weighted by molar-refractivity contribution is -0.131. The Hall–Kier alpha value is -1.35. The summed E-state index contributed by atoms with van der Waals surface area (Å²) in [5, 5.41) is 8.88. The SMILES string of the molecule is CC(C)=CCCC(C)=CCCC(C)=CCCC(C)CC(=O)N(C)CCO. The first-order valence-electron chi connectivity index (χ1n) is 10.1. The van der Waals surface area contributed by atoms with Crippen molar-refractivity contribution in [3.63, 3.8) is 0 Å². The van der Waals surface area contributed by atoms with Gasteiger partial charge in [0.25, 0.3) is 0 Å². The van der Waals surface area contributed by atoms with Gasteiger partial charge in [-0.2, -0.15) is 0 Å². The minimum Gasteiger partial charge on any atom is -0.395 e. The highest BCUT2D eigenvalue weighted by molar-refractivity contribution is 5.76. The van der Waals surface area contributed by atoms with E-state index in [4.69, 9.17) is 5.11 Å². The van der Waals surface area contributed by atoms with Gasteiger partial charge in [0.05, 0.1) is 6.61 Å². The van der Waals surface area contributed by atoms with Crippen LogP contribution in [0.3, 0.4) is 0 Å². The highest BCUT2D eigenvalue weighted by Gasteiger charge is 2.12. The lowest BCUT2D eigenvalue weighted by atomic mass is 9.99. The van der Waals surface area contributed by atoms with Crippen LogP contribution in [0.5, 0.6) is 0 Å². The lowest BCUT2D eigenvalue weighted by Gasteiger charge is -2.18. The Morgan fingerprint density at radius 1 is 0.962 bits per heavy atom. The van der Waals surface area contributed by atoms with Gasteiger partial charge in [0.1, 0.15) is 0 Å². The molecule has 0 aliphatic carbocycles. The van der Waals surface area contributed by atoms with Gasteiger partial charge >= 0.3 is 0 Å². The Bertz CT molecular complexity index is 484. The molecule has 0 aromatic carbocycles. The van der Waals surface area contributed by atoms with E-state index in [9.17, 15) is 4.79 Å². The summed E-state index contributed by atoms with van der Waals surface area (Å²) >= 11 is 0. The van der Waals surface area contributed by atoms with Crippen molar-refractivity contribution in [2.75, 3.05) is 20.2 Å². The summed E-state index contributed by atoms with van der Waals surface area (Å²) in [5.41, 5.74) is 4.32. The molecule has 3 heteroatoms. The maximum absolute atomic E-state index is 11.9. The Balaban J connectivity index is 4.03. The Morgan fingerprint density at radius 2 is 1.50 bits per heavy atom. The maximum Gasteiger partial charge on any atom is 0.222 e. The van der Waals surface area contributed by atoms with Gasteiger partial charge in [0, 0.05) is 20.0 Å². The molecule has 150 valence electrons. The topological polar surface area (TPSA) is 40.5 Å². The fourth-order valence-electron chi connectivity index (χ4n) is 2.78. The summed E-state index contributed by atoms with van der Waals surface area (Å²) in [4.78, 5) is 13.6. The molecule has 0 saturated carbocycles. The highest BCUT2D eigenvalue weighted by Crippen LogP contribution is 2.15. The van der Waals surface area contributed by atoms with Gasteiger partial charge < -0.3 is 10.0 Å². The van der Waals surface area contributed by atoms with Crippen molar-refractivity contribution in [2.45, 2.75) is 79.6 Å². The molecule has 3 nitrogen and oxygen atoms in total. The van der Waals surface area contributed by atoms with Gasteiger partial charge in [0.15, 0.2) is 0 Å². The molecule has 1 unspecified atom stereocenters. The van der Waals surface area contributed by atoms with Crippen LogP contribution >= 0.6 is 0 Å². The molecule has 0 aromatic rings. The molecule has 1 N–H and O–H groups in total. The van der Waals surface area contributed by atoms with Gasteiger partial charge in [-0.15, -0.1) is 0 Å². The second-order valence-electron chi connectivity index (χ2n) is 7.89. The first-order valence-corrected chi connectivity index (χ1v) is 10.1. The molecule has 1 atom stereocenters. The van der Waals surface area contributed by atoms with Crippen molar-refractivity contribution >= 4 is 5.91 Å². The van der Waals surface area contributed by atoms with E-state index in [1.807, 2.05) is 0 Å². The van der Waals surface area contributed by atoms with Crippen molar-refractivity contribution in [1.82, 2.24) is 4.90 Å². The molecule has 0 saturated heterocycles. The molecular formula is C23H41NO2. The number of carbonyl (C=O) groups excluding carboxylic acids is 1. The summed E-state index contributed by atoms with van der Waals surface area (Å²) in [6, 6.07) is 0. The van der Waals surface area contributed by atoms with Crippen molar-refractivity contribution in [3.8, 4) is 0 Å². The number of likely N-dealkylation sites (N-methyl/N-ethyl adjacent to an activating group) is 1. The van der Waals surface area contributed by atoms with E-state index in [-0.39, 0.29) is 12.5 Å². The van der Waals surface area contributed by atoms with E-state index < -0.39 is 0 Å². The lowest BCUT2D eigenvalue weighted by Crippen LogP contribution is -2.30. The standard InChI is InChI=1S/C23H41NO2/c1-19(2)10-7-11-20(3)12-8-13-21(4)14-9-15-22(5)18-23(26)24(6)16-17-25/h10,12,14,22,25H,7-9,11,13,15-18H2,1-6H3. The average Bonchev–Trinajstić information content (AvgIpc) is 2.54. The number of allylic oxidation sites excluding steroid dienone is 6. The quantitative estimate of drug-likeness (QED) is 0.429. The average molecular weight is 364 g/mol. The van der Waals surface area contributed by atoms with E-state index >= 15 is 0 Å². The van der Waals surface area contributed by atoms with Gasteiger partial charge in [-0.25, -0.2) is 0 Å². The summed E-state index contributed by atoms with van der Waals surface area (Å²) in [6.45, 7) is 11.3. The molecule has 0 rings (SSSR count). The molecule has 0 radical (unpaired) electrons. The van der Waals surface area contributed by atoms with Crippen LogP contribution in [0.15, 0.2) is 34.9 Å². The number of amides is 1.